The van der Waals surface area contributed by atoms with Crippen molar-refractivity contribution in [1.82, 2.24) is 43.0 Å². The van der Waals surface area contributed by atoms with Gasteiger partial charge in [0.2, 0.25) is 0 Å². The second-order valence-corrected chi connectivity index (χ2v) is 31.8. The van der Waals surface area contributed by atoms with Crippen LogP contribution in [0.25, 0.3) is 10.9 Å². The van der Waals surface area contributed by atoms with Crippen LogP contribution in [-0.4, -0.2) is 43.0 Å². The fraction of sp³-hybridized carbons (Fsp3) is 0.597. The zero-order chi connectivity index (χ0) is 67.4. The average molecular weight is 2280 g/mol. The van der Waals surface area contributed by atoms with E-state index in [1.165, 1.54) is 126 Å². The Morgan fingerprint density at radius 1 is 0.380 bits per heavy atom. The number of hydrogen-bond donors (Lipinski definition) is 0. The number of hydrogen-bond acceptors (Lipinski definition) is 3. The predicted octanol–water partition coefficient (Wildman–Crippen LogP) is 21.2. The molecule has 0 bridgehead atoms. The Bertz CT molecular complexity index is 3210. The maximum atomic E-state index is 4.56. The number of aryl methyl sites for hydroxylation is 6. The van der Waals surface area contributed by atoms with Gasteiger partial charge in [0.25, 0.3) is 0 Å². The second-order valence-electron chi connectivity index (χ2n) is 31.8. The van der Waals surface area contributed by atoms with Gasteiger partial charge in [-0.15, -0.1) is 75.3 Å². The van der Waals surface area contributed by atoms with Gasteiger partial charge in [-0.2, -0.15) is 11.8 Å². The molecule has 7 aromatic rings. The van der Waals surface area contributed by atoms with Crippen LogP contribution in [-0.2, 0) is 173 Å². The summed E-state index contributed by atoms with van der Waals surface area (Å²) in [6.45, 7) is 83.7. The summed E-state index contributed by atoms with van der Waals surface area (Å²) in [5, 5.41) is 14.8. The van der Waals surface area contributed by atoms with Crippen molar-refractivity contribution in [2.24, 2.45) is 14.1 Å². The first-order chi connectivity index (χ1) is 38.7. The first kappa shape index (κ1) is 99.0. The third kappa shape index (κ3) is 25.2. The summed E-state index contributed by atoms with van der Waals surface area (Å²) in [4.78, 5) is 0. The summed E-state index contributed by atoms with van der Waals surface area (Å²) in [5.41, 5.74) is 24.0. The van der Waals surface area contributed by atoms with Crippen molar-refractivity contribution in [3.63, 3.8) is 0 Å². The molecule has 0 aliphatic carbocycles. The van der Waals surface area contributed by atoms with Crippen LogP contribution >= 0.6 is 0 Å². The summed E-state index contributed by atoms with van der Waals surface area (Å²) in [5.74, 6) is 2.62. The first-order valence-electron chi connectivity index (χ1n) is 31.6. The van der Waals surface area contributed by atoms with E-state index < -0.39 is 0 Å². The maximum absolute atomic E-state index is 4.56. The quantitative estimate of drug-likeness (QED) is 0.156. The summed E-state index contributed by atoms with van der Waals surface area (Å²) >= 11 is 0. The van der Waals surface area contributed by atoms with E-state index in [1.54, 1.807) is 0 Å². The van der Waals surface area contributed by atoms with E-state index in [9.17, 15) is 0 Å². The number of para-hydroxylation sites is 1. The molecule has 6 aromatic heterocycles. The van der Waals surface area contributed by atoms with Gasteiger partial charge >= 0.3 is 0 Å². The Labute approximate surface area is 652 Å². The van der Waals surface area contributed by atoms with E-state index in [-0.39, 0.29) is 159 Å². The van der Waals surface area contributed by atoms with Crippen molar-refractivity contribution in [3.05, 3.63) is 169 Å². The standard InChI is InChI=1S/C16H22N.C14H24N.2C12H21N2.C12H20N.C11H19N2.6W/c1-11(2)17-14-10-8-7-9-13(14)12(3)15(17)16(4,5)6;1-9(2)15-12(5)10(3)11(4)13(15)14(6,7)8;1-8(2)11-10(12(4,5)6)9(3)14(7)13-11;1-8(2)11-10(12(4,5)6)9(3)13-14(11)7;1-9(2)13-8-7-10(3)11(13)12(4,5)6;1-8(2)13-10(11(4,5)6)9(3)7-12-13;;;;;;/h7-10H,1-6H3;1-8H3;2*1-7H3;7-8H,1-6H3;7H,1-6H3;;;;;;/q6*-1;;;;;;. The molecule has 0 radical (unpaired) electrons. The van der Waals surface area contributed by atoms with Gasteiger partial charge in [0.05, 0.1) is 0 Å². The van der Waals surface area contributed by atoms with Crippen molar-refractivity contribution >= 4 is 10.9 Å². The van der Waals surface area contributed by atoms with Crippen molar-refractivity contribution < 1.29 is 126 Å². The molecule has 0 saturated heterocycles. The Hall–Kier alpha value is -1.70. The van der Waals surface area contributed by atoms with Gasteiger partial charge in [0, 0.05) is 147 Å². The second kappa shape index (κ2) is 38.6. The van der Waals surface area contributed by atoms with Crippen LogP contribution in [0.4, 0.5) is 0 Å². The van der Waals surface area contributed by atoms with Gasteiger partial charge in [-0.3, -0.25) is 4.68 Å². The third-order valence-corrected chi connectivity index (χ3v) is 15.8. The van der Waals surface area contributed by atoms with Gasteiger partial charge in [0.15, 0.2) is 0 Å². The summed E-state index contributed by atoms with van der Waals surface area (Å²) in [6, 6.07) is 16.1. The summed E-state index contributed by atoms with van der Waals surface area (Å²) in [6.07, 6.45) is 4.10. The monoisotopic (exact) mass is 2280 g/mol. The minimum Gasteiger partial charge on any atom is -0.485 e. The van der Waals surface area contributed by atoms with Crippen molar-refractivity contribution in [2.45, 2.75) is 296 Å². The minimum absolute atomic E-state index is 0. The number of aromatic nitrogens is 9. The molecule has 0 N–H and O–H groups in total. The summed E-state index contributed by atoms with van der Waals surface area (Å²) in [7, 11) is 4.03. The normalized spacial score (nSPS) is 11.2. The molecule has 9 nitrogen and oxygen atoms in total. The zero-order valence-electron chi connectivity index (χ0n) is 65.5. The van der Waals surface area contributed by atoms with E-state index in [1.807, 2.05) is 34.3 Å². The van der Waals surface area contributed by atoms with Crippen molar-refractivity contribution in [2.75, 3.05) is 0 Å². The molecule has 0 unspecified atom stereocenters. The molecule has 0 spiro atoms. The number of fused-ring (bicyclic) bond motifs is 1. The molecule has 0 aliphatic rings. The van der Waals surface area contributed by atoms with Crippen LogP contribution in [0.1, 0.15) is 298 Å². The molecular formula is C77H127N9W6-6. The van der Waals surface area contributed by atoms with E-state index in [0.717, 1.165) is 11.4 Å². The van der Waals surface area contributed by atoms with Crippen LogP contribution < -0.4 is 0 Å². The number of nitrogens with zero attached hydrogens (tertiary/aromatic N) is 9. The SMILES string of the molecule is Cc1c(C(C)(C)C)c([C-](C)C)nn1C.Cc1c(C(C)(C)C)n([C-](C)C)c2ccccc12.Cc1c(C)c(C(C)(C)C)n([C-](C)C)c1C.Cc1ccn([C-](C)C)c1C(C)(C)C.Cc1cnn([C-](C)C)c1C(C)(C)C.Cc1nn(C)c([C-](C)C)c1C(C)(C)C.[W].[W].[W].[W].[W].[W]. The Morgan fingerprint density at radius 3 is 1.12 bits per heavy atom. The van der Waals surface area contributed by atoms with Crippen molar-refractivity contribution in [3.8, 4) is 0 Å². The van der Waals surface area contributed by atoms with Gasteiger partial charge in [0.1, 0.15) is 0 Å². The van der Waals surface area contributed by atoms with Crippen LogP contribution in [0.2, 0.25) is 0 Å². The van der Waals surface area contributed by atoms with Gasteiger partial charge in [-0.25, -0.2) is 15.3 Å². The van der Waals surface area contributed by atoms with Crippen LogP contribution in [0, 0.1) is 91.4 Å². The van der Waals surface area contributed by atoms with Crippen LogP contribution in [0.5, 0.6) is 0 Å². The zero-order valence-corrected chi connectivity index (χ0v) is 83.1. The minimum atomic E-state index is 0. The van der Waals surface area contributed by atoms with Gasteiger partial charge in [-0.05, 0) is 41.5 Å². The first-order valence-corrected chi connectivity index (χ1v) is 31.6. The van der Waals surface area contributed by atoms with E-state index >= 15 is 0 Å². The maximum Gasteiger partial charge on any atom is 0.0314 e. The van der Waals surface area contributed by atoms with E-state index in [0.29, 0.717) is 0 Å². The molecule has 0 fully saturated rings. The topological polar surface area (TPSA) is 68.2 Å². The molecule has 6 heterocycles. The molecule has 0 amide bonds. The molecule has 522 valence electrons. The Kier molecular flexibility index (Phi) is 41.5. The Balaban J connectivity index is -0.000000326. The van der Waals surface area contributed by atoms with Gasteiger partial charge < -0.3 is 23.1 Å². The van der Waals surface area contributed by atoms with Gasteiger partial charge in [-0.1, -0.05) is 341 Å². The van der Waals surface area contributed by atoms with Crippen LogP contribution in [0.15, 0.2) is 42.7 Å². The average Bonchev–Trinajstić information content (AvgIpc) is 1.63. The smallest absolute Gasteiger partial charge is 0.0314 e. The van der Waals surface area contributed by atoms with E-state index in [2.05, 4.69) is 329 Å². The molecule has 15 heteroatoms. The number of rotatable bonds is 6. The molecule has 0 atom stereocenters. The Morgan fingerprint density at radius 2 is 0.804 bits per heavy atom. The third-order valence-electron chi connectivity index (χ3n) is 15.8. The molecule has 92 heavy (non-hydrogen) atoms. The molecular weight excluding hydrogens is 2150 g/mol. The fourth-order valence-electron chi connectivity index (χ4n) is 12.7. The predicted molar refractivity (Wildman–Crippen MR) is 377 cm³/mol. The molecule has 0 saturated carbocycles. The van der Waals surface area contributed by atoms with E-state index in [4.69, 9.17) is 0 Å². The molecule has 1 aromatic carbocycles. The van der Waals surface area contributed by atoms with Crippen LogP contribution in [0.3, 0.4) is 0 Å². The largest absolute Gasteiger partial charge is 0.485 e. The summed E-state index contributed by atoms with van der Waals surface area (Å²) < 4.78 is 13.1. The van der Waals surface area contributed by atoms with Crippen molar-refractivity contribution in [1.29, 1.82) is 0 Å². The molecule has 7 rings (SSSR count). The fourth-order valence-corrected chi connectivity index (χ4v) is 12.7. The number of benzene rings is 1. The molecule has 0 aliphatic heterocycles.